The van der Waals surface area contributed by atoms with E-state index in [9.17, 15) is 4.79 Å². The second-order valence-electron chi connectivity index (χ2n) is 3.64. The molecule has 19 heavy (non-hydrogen) atoms. The zero-order chi connectivity index (χ0) is 13.8. The van der Waals surface area contributed by atoms with Crippen molar-refractivity contribution in [2.75, 3.05) is 12.8 Å². The second kappa shape index (κ2) is 5.71. The van der Waals surface area contributed by atoms with Crippen LogP contribution in [0.3, 0.4) is 0 Å². The molecule has 0 saturated heterocycles. The summed E-state index contributed by atoms with van der Waals surface area (Å²) in [4.78, 5) is 15.4. The standard InChI is InChI=1S/C13H11BrN2O3/c1-18-13(17)8-5-6-16-11(7-8)19-10-4-2-3-9(15)12(10)14/h2-7H,15H2,1H3. The van der Waals surface area contributed by atoms with Gasteiger partial charge in [0.15, 0.2) is 0 Å². The van der Waals surface area contributed by atoms with E-state index in [1.54, 1.807) is 24.3 Å². The van der Waals surface area contributed by atoms with Gasteiger partial charge in [-0.25, -0.2) is 9.78 Å². The van der Waals surface area contributed by atoms with Gasteiger partial charge in [0.2, 0.25) is 5.88 Å². The van der Waals surface area contributed by atoms with Gasteiger partial charge in [-0.3, -0.25) is 0 Å². The smallest absolute Gasteiger partial charge is 0.338 e. The topological polar surface area (TPSA) is 74.4 Å². The summed E-state index contributed by atoms with van der Waals surface area (Å²) < 4.78 is 10.9. The highest BCUT2D eigenvalue weighted by atomic mass is 79.9. The number of anilines is 1. The lowest BCUT2D eigenvalue weighted by molar-refractivity contribution is 0.0600. The highest BCUT2D eigenvalue weighted by molar-refractivity contribution is 9.10. The van der Waals surface area contributed by atoms with Crippen molar-refractivity contribution in [3.8, 4) is 11.6 Å². The Kier molecular flexibility index (Phi) is 4.01. The van der Waals surface area contributed by atoms with E-state index < -0.39 is 5.97 Å². The monoisotopic (exact) mass is 322 g/mol. The summed E-state index contributed by atoms with van der Waals surface area (Å²) >= 11 is 3.33. The Bertz CT molecular complexity index is 617. The first-order chi connectivity index (χ1) is 9.11. The molecule has 0 atom stereocenters. The van der Waals surface area contributed by atoms with Crippen molar-refractivity contribution in [2.45, 2.75) is 0 Å². The molecule has 0 bridgehead atoms. The maximum Gasteiger partial charge on any atom is 0.338 e. The largest absolute Gasteiger partial charge is 0.465 e. The van der Waals surface area contributed by atoms with Gasteiger partial charge in [0, 0.05) is 18.0 Å². The van der Waals surface area contributed by atoms with E-state index in [0.717, 1.165) is 0 Å². The van der Waals surface area contributed by atoms with Crippen LogP contribution >= 0.6 is 15.9 Å². The van der Waals surface area contributed by atoms with Gasteiger partial charge in [-0.2, -0.15) is 0 Å². The Labute approximate surface area is 118 Å². The third-order valence-electron chi connectivity index (χ3n) is 2.36. The second-order valence-corrected chi connectivity index (χ2v) is 4.43. The number of carbonyl (C=O) groups is 1. The summed E-state index contributed by atoms with van der Waals surface area (Å²) in [5.41, 5.74) is 6.68. The molecule has 2 rings (SSSR count). The summed E-state index contributed by atoms with van der Waals surface area (Å²) in [5.74, 6) is 0.364. The van der Waals surface area contributed by atoms with Gasteiger partial charge in [0.25, 0.3) is 0 Å². The molecule has 1 aromatic carbocycles. The number of hydrogen-bond acceptors (Lipinski definition) is 5. The van der Waals surface area contributed by atoms with Crippen molar-refractivity contribution in [1.29, 1.82) is 0 Å². The lowest BCUT2D eigenvalue weighted by Crippen LogP contribution is -2.02. The summed E-state index contributed by atoms with van der Waals surface area (Å²) in [6.45, 7) is 0. The molecular weight excluding hydrogens is 312 g/mol. The first-order valence-electron chi connectivity index (χ1n) is 5.38. The maximum atomic E-state index is 11.4. The van der Waals surface area contributed by atoms with Crippen molar-refractivity contribution in [2.24, 2.45) is 0 Å². The number of nitrogens with two attached hydrogens (primary N) is 1. The highest BCUT2D eigenvalue weighted by Gasteiger charge is 2.10. The zero-order valence-corrected chi connectivity index (χ0v) is 11.7. The molecule has 1 aromatic heterocycles. The van der Waals surface area contributed by atoms with Gasteiger partial charge < -0.3 is 15.2 Å². The molecule has 0 spiro atoms. The van der Waals surface area contributed by atoms with E-state index in [2.05, 4.69) is 25.7 Å². The minimum Gasteiger partial charge on any atom is -0.465 e. The molecule has 0 fully saturated rings. The third kappa shape index (κ3) is 3.03. The van der Waals surface area contributed by atoms with Crippen LogP contribution in [0.5, 0.6) is 11.6 Å². The average molecular weight is 323 g/mol. The Morgan fingerprint density at radius 2 is 2.16 bits per heavy atom. The molecule has 0 unspecified atom stereocenters. The van der Waals surface area contributed by atoms with E-state index >= 15 is 0 Å². The van der Waals surface area contributed by atoms with Gasteiger partial charge in [0.1, 0.15) is 5.75 Å². The zero-order valence-electron chi connectivity index (χ0n) is 10.1. The van der Waals surface area contributed by atoms with Gasteiger partial charge >= 0.3 is 5.97 Å². The molecule has 0 aliphatic heterocycles. The first-order valence-corrected chi connectivity index (χ1v) is 6.17. The fourth-order valence-corrected chi connectivity index (χ4v) is 1.77. The van der Waals surface area contributed by atoms with Gasteiger partial charge in [-0.15, -0.1) is 0 Å². The molecule has 98 valence electrons. The van der Waals surface area contributed by atoms with Crippen LogP contribution in [0.1, 0.15) is 10.4 Å². The number of aromatic nitrogens is 1. The molecule has 6 heteroatoms. The average Bonchev–Trinajstić information content (AvgIpc) is 2.43. The number of nitrogens with zero attached hydrogens (tertiary/aromatic N) is 1. The Morgan fingerprint density at radius 1 is 1.37 bits per heavy atom. The van der Waals surface area contributed by atoms with Crippen LogP contribution in [-0.4, -0.2) is 18.1 Å². The molecule has 0 aliphatic carbocycles. The third-order valence-corrected chi connectivity index (χ3v) is 3.21. The Hall–Kier alpha value is -2.08. The highest BCUT2D eigenvalue weighted by Crippen LogP contribution is 2.33. The minimum atomic E-state index is -0.445. The SMILES string of the molecule is COC(=O)c1ccnc(Oc2cccc(N)c2Br)c1. The lowest BCUT2D eigenvalue weighted by atomic mass is 10.2. The predicted octanol–water partition coefficient (Wildman–Crippen LogP) is 3.01. The van der Waals surface area contributed by atoms with Crippen molar-refractivity contribution < 1.29 is 14.3 Å². The minimum absolute atomic E-state index is 0.286. The Balaban J connectivity index is 2.28. The number of nitrogen functional groups attached to an aromatic ring is 1. The van der Waals surface area contributed by atoms with Gasteiger partial charge in [-0.1, -0.05) is 6.07 Å². The Morgan fingerprint density at radius 3 is 2.89 bits per heavy atom. The number of halogens is 1. The van der Waals surface area contributed by atoms with Crippen molar-refractivity contribution >= 4 is 27.6 Å². The normalized spacial score (nSPS) is 10.0. The van der Waals surface area contributed by atoms with Crippen molar-refractivity contribution in [3.63, 3.8) is 0 Å². The van der Waals surface area contributed by atoms with Crippen LogP contribution in [-0.2, 0) is 4.74 Å². The summed E-state index contributed by atoms with van der Waals surface area (Å²) in [7, 11) is 1.32. The molecule has 5 nitrogen and oxygen atoms in total. The maximum absolute atomic E-state index is 11.4. The number of pyridine rings is 1. The van der Waals surface area contributed by atoms with Gasteiger partial charge in [0.05, 0.1) is 17.1 Å². The first kappa shape index (κ1) is 13.4. The lowest BCUT2D eigenvalue weighted by Gasteiger charge is -2.08. The van der Waals surface area contributed by atoms with Crippen LogP contribution in [0.4, 0.5) is 5.69 Å². The number of carbonyl (C=O) groups excluding carboxylic acids is 1. The van der Waals surface area contributed by atoms with E-state index in [1.807, 2.05) is 0 Å². The quantitative estimate of drug-likeness (QED) is 0.694. The number of hydrogen-bond donors (Lipinski definition) is 1. The van der Waals surface area contributed by atoms with Gasteiger partial charge in [-0.05, 0) is 34.1 Å². The molecule has 2 aromatic rings. The van der Waals surface area contributed by atoms with E-state index in [0.29, 0.717) is 21.5 Å². The summed E-state index contributed by atoms with van der Waals surface area (Å²) in [6.07, 6.45) is 1.47. The van der Waals surface area contributed by atoms with Crippen molar-refractivity contribution in [3.05, 3.63) is 46.6 Å². The van der Waals surface area contributed by atoms with Crippen LogP contribution in [0.2, 0.25) is 0 Å². The van der Waals surface area contributed by atoms with E-state index in [-0.39, 0.29) is 5.88 Å². The fourth-order valence-electron chi connectivity index (χ4n) is 1.43. The van der Waals surface area contributed by atoms with Crippen molar-refractivity contribution in [1.82, 2.24) is 4.98 Å². The summed E-state index contributed by atoms with van der Waals surface area (Å²) in [6, 6.07) is 8.30. The fraction of sp³-hybridized carbons (Fsp3) is 0.0769. The molecule has 0 amide bonds. The molecule has 0 radical (unpaired) electrons. The van der Waals surface area contributed by atoms with E-state index in [4.69, 9.17) is 10.5 Å². The molecule has 0 aliphatic rings. The number of esters is 1. The number of benzene rings is 1. The number of methoxy groups -OCH3 is 1. The number of ether oxygens (including phenoxy) is 2. The summed E-state index contributed by atoms with van der Waals surface area (Å²) in [5, 5.41) is 0. The molecule has 0 saturated carbocycles. The van der Waals surface area contributed by atoms with Crippen LogP contribution in [0.25, 0.3) is 0 Å². The molecule has 1 heterocycles. The van der Waals surface area contributed by atoms with Crippen LogP contribution in [0.15, 0.2) is 41.0 Å². The van der Waals surface area contributed by atoms with Crippen LogP contribution < -0.4 is 10.5 Å². The predicted molar refractivity (Wildman–Crippen MR) is 74.2 cm³/mol. The van der Waals surface area contributed by atoms with E-state index in [1.165, 1.54) is 19.4 Å². The van der Waals surface area contributed by atoms with Crippen LogP contribution in [0, 0.1) is 0 Å². The molecule has 2 N–H and O–H groups in total. The molecular formula is C13H11BrN2O3. The number of rotatable bonds is 3.